The third kappa shape index (κ3) is 7.90. The van der Waals surface area contributed by atoms with Crippen LogP contribution in [0.4, 0.5) is 45.5 Å². The van der Waals surface area contributed by atoms with Crippen LogP contribution in [0.15, 0.2) is 170 Å². The van der Waals surface area contributed by atoms with Gasteiger partial charge in [-0.3, -0.25) is 0 Å². The van der Waals surface area contributed by atoms with E-state index in [1.807, 2.05) is 0 Å². The molecule has 2 unspecified atom stereocenters. The summed E-state index contributed by atoms with van der Waals surface area (Å²) in [6.45, 7) is 33.3. The summed E-state index contributed by atoms with van der Waals surface area (Å²) < 4.78 is 0. The van der Waals surface area contributed by atoms with Gasteiger partial charge in [0, 0.05) is 50.8 Å². The first-order valence-electron chi connectivity index (χ1n) is 28.3. The van der Waals surface area contributed by atoms with Crippen molar-refractivity contribution in [1.82, 2.24) is 0 Å². The first-order valence-corrected chi connectivity index (χ1v) is 28.3. The molecule has 0 radical (unpaired) electrons. The van der Waals surface area contributed by atoms with Gasteiger partial charge in [-0.25, -0.2) is 0 Å². The standard InChI is InChI=1S/C72H78BN3/c1-67(2,3)50-28-32-54(33-29-50)74-63-46-55(76-61-38-31-52(69(7,8)9)43-57(61)71(13)39-21-22-40-72(71,76)14)34-36-59(63)73-58-35-27-49(47-23-17-15-18-24-47)41-62(58)75(65-45-53(70(10,11)12)44-64(74)66(65)73)60-37-30-51(68(4,5)6)42-56(60)48-25-19-16-20-26-48/h15-20,23-38,41-46H,21-22,39-40H2,1-14H3. The first kappa shape index (κ1) is 50.1. The minimum atomic E-state index is -0.160. The van der Waals surface area contributed by atoms with Crippen molar-refractivity contribution in [1.29, 1.82) is 0 Å². The third-order valence-corrected chi connectivity index (χ3v) is 18.4. The lowest BCUT2D eigenvalue weighted by atomic mass is 9.33. The van der Waals surface area contributed by atoms with Crippen LogP contribution in [0.5, 0.6) is 0 Å². The minimum absolute atomic E-state index is 0.00917. The minimum Gasteiger partial charge on any atom is -0.334 e. The van der Waals surface area contributed by atoms with Gasteiger partial charge in [0.2, 0.25) is 0 Å². The van der Waals surface area contributed by atoms with E-state index >= 15 is 0 Å². The normalized spacial score (nSPS) is 19.0. The Kier molecular flexibility index (Phi) is 11.4. The van der Waals surface area contributed by atoms with Crippen molar-refractivity contribution in [2.75, 3.05) is 14.7 Å². The number of fused-ring (bicyclic) bond motifs is 7. The van der Waals surface area contributed by atoms with Crippen LogP contribution in [0.1, 0.15) is 150 Å². The van der Waals surface area contributed by atoms with Crippen molar-refractivity contribution in [3.8, 4) is 22.3 Å². The predicted molar refractivity (Wildman–Crippen MR) is 329 cm³/mol. The van der Waals surface area contributed by atoms with Crippen molar-refractivity contribution in [2.24, 2.45) is 0 Å². The molecule has 4 aliphatic rings. The molecule has 4 heteroatoms. The van der Waals surface area contributed by atoms with Gasteiger partial charge in [0.25, 0.3) is 6.71 Å². The molecule has 3 heterocycles. The average molecular weight is 996 g/mol. The quantitative estimate of drug-likeness (QED) is 0.159. The van der Waals surface area contributed by atoms with Crippen LogP contribution in [-0.4, -0.2) is 12.3 Å². The van der Waals surface area contributed by atoms with Gasteiger partial charge in [-0.1, -0.05) is 212 Å². The molecule has 0 saturated heterocycles. The molecule has 0 N–H and O–H groups in total. The SMILES string of the molecule is CC(C)(C)c1ccc(N2c3cc(N4c5ccc(C(C)(C)C)cc5C5(C)CCCCC45C)ccc3B3c4ccc(-c5ccccc5)cc4N(c4ccc(C(C)(C)C)cc4-c4ccccc4)c4cc(C(C)(C)C)cc2c43)cc1. The zero-order valence-corrected chi connectivity index (χ0v) is 47.9. The predicted octanol–water partition coefficient (Wildman–Crippen LogP) is 18.0. The van der Waals surface area contributed by atoms with Crippen molar-refractivity contribution in [2.45, 2.75) is 155 Å². The Morgan fingerprint density at radius 1 is 0.382 bits per heavy atom. The molecule has 384 valence electrons. The van der Waals surface area contributed by atoms with E-state index in [1.165, 1.54) is 131 Å². The highest BCUT2D eigenvalue weighted by Crippen LogP contribution is 2.62. The molecule has 0 spiro atoms. The molecule has 0 amide bonds. The van der Waals surface area contributed by atoms with Gasteiger partial charge in [-0.05, 0) is 163 Å². The monoisotopic (exact) mass is 996 g/mol. The molecule has 1 fully saturated rings. The molecule has 3 aliphatic heterocycles. The van der Waals surface area contributed by atoms with E-state index in [1.54, 1.807) is 0 Å². The Bertz CT molecular complexity index is 3560. The van der Waals surface area contributed by atoms with Gasteiger partial charge >= 0.3 is 0 Å². The summed E-state index contributed by atoms with van der Waals surface area (Å²) in [4.78, 5) is 8.09. The fourth-order valence-corrected chi connectivity index (χ4v) is 13.7. The van der Waals surface area contributed by atoms with E-state index in [4.69, 9.17) is 0 Å². The maximum atomic E-state index is 2.79. The Labute approximate surface area is 456 Å². The van der Waals surface area contributed by atoms with E-state index in [2.05, 4.69) is 281 Å². The smallest absolute Gasteiger partial charge is 0.252 e. The lowest BCUT2D eigenvalue weighted by Gasteiger charge is -2.51. The summed E-state index contributed by atoms with van der Waals surface area (Å²) in [6, 6.07) is 66.4. The number of hydrogen-bond acceptors (Lipinski definition) is 3. The Balaban J connectivity index is 1.17. The highest BCUT2D eigenvalue weighted by Gasteiger charge is 2.58. The van der Waals surface area contributed by atoms with Crippen LogP contribution in [0.25, 0.3) is 22.3 Å². The maximum Gasteiger partial charge on any atom is 0.252 e. The average Bonchev–Trinajstić information content (AvgIpc) is 3.60. The Morgan fingerprint density at radius 3 is 1.51 bits per heavy atom. The molecule has 3 nitrogen and oxygen atoms in total. The summed E-state index contributed by atoms with van der Waals surface area (Å²) in [6.07, 6.45) is 4.83. The van der Waals surface area contributed by atoms with Crippen LogP contribution >= 0.6 is 0 Å². The molecule has 0 bridgehead atoms. The molecule has 2 atom stereocenters. The lowest BCUT2D eigenvalue weighted by Crippen LogP contribution is -2.61. The van der Waals surface area contributed by atoms with E-state index < -0.39 is 0 Å². The highest BCUT2D eigenvalue weighted by atomic mass is 15.3. The van der Waals surface area contributed by atoms with Crippen molar-refractivity contribution < 1.29 is 0 Å². The number of nitrogens with zero attached hydrogens (tertiary/aromatic N) is 3. The van der Waals surface area contributed by atoms with E-state index in [0.717, 1.165) is 6.42 Å². The van der Waals surface area contributed by atoms with Gasteiger partial charge < -0.3 is 14.7 Å². The van der Waals surface area contributed by atoms with Crippen LogP contribution in [0.3, 0.4) is 0 Å². The number of anilines is 8. The van der Waals surface area contributed by atoms with Crippen molar-refractivity contribution in [3.05, 3.63) is 198 Å². The second-order valence-corrected chi connectivity index (χ2v) is 27.4. The fourth-order valence-electron chi connectivity index (χ4n) is 13.7. The summed E-state index contributed by atoms with van der Waals surface area (Å²) in [5.74, 6) is 0. The van der Waals surface area contributed by atoms with Gasteiger partial charge in [0.15, 0.2) is 0 Å². The van der Waals surface area contributed by atoms with Crippen LogP contribution in [0.2, 0.25) is 0 Å². The molecule has 12 rings (SSSR count). The lowest BCUT2D eigenvalue weighted by molar-refractivity contribution is 0.195. The molecule has 0 aromatic heterocycles. The molecule has 1 saturated carbocycles. The maximum absolute atomic E-state index is 2.79. The number of hydrogen-bond donors (Lipinski definition) is 0. The van der Waals surface area contributed by atoms with Gasteiger partial charge in [0.1, 0.15) is 0 Å². The van der Waals surface area contributed by atoms with Gasteiger partial charge in [-0.15, -0.1) is 0 Å². The van der Waals surface area contributed by atoms with Crippen LogP contribution < -0.4 is 31.1 Å². The molecule has 8 aromatic carbocycles. The highest BCUT2D eigenvalue weighted by molar-refractivity contribution is 7.00. The van der Waals surface area contributed by atoms with E-state index in [0.29, 0.717) is 0 Å². The van der Waals surface area contributed by atoms with Gasteiger partial charge in [0.05, 0.1) is 11.2 Å². The summed E-state index contributed by atoms with van der Waals surface area (Å²) in [7, 11) is 0. The topological polar surface area (TPSA) is 9.72 Å². The largest absolute Gasteiger partial charge is 0.334 e. The fraction of sp³-hybridized carbons (Fsp3) is 0.333. The van der Waals surface area contributed by atoms with Gasteiger partial charge in [-0.2, -0.15) is 0 Å². The Hall–Kier alpha value is -6.78. The Morgan fingerprint density at radius 2 is 0.895 bits per heavy atom. The summed E-state index contributed by atoms with van der Waals surface area (Å²) in [5.41, 5.74) is 25.5. The molecule has 76 heavy (non-hydrogen) atoms. The van der Waals surface area contributed by atoms with E-state index in [-0.39, 0.29) is 39.3 Å². The zero-order valence-electron chi connectivity index (χ0n) is 47.9. The third-order valence-electron chi connectivity index (χ3n) is 18.4. The molecule has 8 aromatic rings. The van der Waals surface area contributed by atoms with Crippen molar-refractivity contribution >= 4 is 68.6 Å². The van der Waals surface area contributed by atoms with Crippen LogP contribution in [0, 0.1) is 0 Å². The second kappa shape index (κ2) is 17.4. The van der Waals surface area contributed by atoms with Crippen LogP contribution in [-0.2, 0) is 27.1 Å². The molecular formula is C72H78BN3. The van der Waals surface area contributed by atoms with Crippen molar-refractivity contribution in [3.63, 3.8) is 0 Å². The molecular weight excluding hydrogens is 918 g/mol. The summed E-state index contributed by atoms with van der Waals surface area (Å²) in [5, 5.41) is 0. The molecule has 1 aliphatic carbocycles. The first-order chi connectivity index (χ1) is 36.0. The summed E-state index contributed by atoms with van der Waals surface area (Å²) >= 11 is 0. The number of benzene rings is 8. The number of rotatable bonds is 5. The van der Waals surface area contributed by atoms with E-state index in [9.17, 15) is 0 Å². The second-order valence-electron chi connectivity index (χ2n) is 27.4. The zero-order chi connectivity index (χ0) is 53.5.